The van der Waals surface area contributed by atoms with Crippen molar-refractivity contribution in [1.82, 2.24) is 0 Å². The quantitative estimate of drug-likeness (QED) is 0.0345. The van der Waals surface area contributed by atoms with Crippen LogP contribution in [0.3, 0.4) is 0 Å². The summed E-state index contributed by atoms with van der Waals surface area (Å²) in [5.41, 5.74) is 0. The van der Waals surface area contributed by atoms with Gasteiger partial charge in [-0.15, -0.1) is 0 Å². The Hall–Kier alpha value is -1.59. The first-order chi connectivity index (χ1) is 28.7. The van der Waals surface area contributed by atoms with Crippen LogP contribution in [0.15, 0.2) is 0 Å². The zero-order valence-corrected chi connectivity index (χ0v) is 40.4. The SMILES string of the molecule is CCCCCCCCCCCCC(=O)O[C@H](COC(=O)CCCCCCCCCCCCCCCC(C)C)COC(=O)CCCCCCCCCCCCCCC(C)C. The van der Waals surface area contributed by atoms with E-state index in [9.17, 15) is 14.4 Å². The van der Waals surface area contributed by atoms with Gasteiger partial charge in [0, 0.05) is 19.3 Å². The Labute approximate surface area is 368 Å². The van der Waals surface area contributed by atoms with Gasteiger partial charge >= 0.3 is 17.9 Å². The van der Waals surface area contributed by atoms with Crippen molar-refractivity contribution in [2.24, 2.45) is 11.8 Å². The molecule has 0 rings (SSSR count). The smallest absolute Gasteiger partial charge is 0.306 e. The molecule has 0 unspecified atom stereocenters. The predicted octanol–water partition coefficient (Wildman–Crippen LogP) is 16.9. The molecule has 0 saturated heterocycles. The molecule has 0 saturated carbocycles. The summed E-state index contributed by atoms with van der Waals surface area (Å²) >= 11 is 0. The van der Waals surface area contributed by atoms with Crippen LogP contribution in [-0.2, 0) is 28.6 Å². The Morgan fingerprint density at radius 3 is 0.831 bits per heavy atom. The van der Waals surface area contributed by atoms with E-state index in [2.05, 4.69) is 34.6 Å². The number of esters is 3. The molecule has 350 valence electrons. The Balaban J connectivity index is 4.26. The maximum Gasteiger partial charge on any atom is 0.306 e. The Kier molecular flexibility index (Phi) is 44.7. The second kappa shape index (κ2) is 45.9. The fourth-order valence-electron chi connectivity index (χ4n) is 7.99. The van der Waals surface area contributed by atoms with Crippen LogP contribution in [0.25, 0.3) is 0 Å². The molecular formula is C53H102O6. The molecule has 0 aliphatic rings. The fraction of sp³-hybridized carbons (Fsp3) is 0.943. The molecule has 0 spiro atoms. The maximum absolute atomic E-state index is 12.7. The molecular weight excluding hydrogens is 733 g/mol. The average molecular weight is 835 g/mol. The van der Waals surface area contributed by atoms with Gasteiger partial charge in [-0.3, -0.25) is 14.4 Å². The molecule has 0 radical (unpaired) electrons. The molecule has 0 bridgehead atoms. The van der Waals surface area contributed by atoms with Gasteiger partial charge in [0.1, 0.15) is 13.2 Å². The van der Waals surface area contributed by atoms with E-state index in [-0.39, 0.29) is 31.1 Å². The molecule has 0 aromatic carbocycles. The highest BCUT2D eigenvalue weighted by Crippen LogP contribution is 2.17. The zero-order valence-electron chi connectivity index (χ0n) is 40.4. The minimum Gasteiger partial charge on any atom is -0.462 e. The van der Waals surface area contributed by atoms with Gasteiger partial charge in [-0.1, -0.05) is 253 Å². The van der Waals surface area contributed by atoms with E-state index in [0.717, 1.165) is 69.6 Å². The van der Waals surface area contributed by atoms with Gasteiger partial charge in [-0.05, 0) is 31.1 Å². The standard InChI is InChI=1S/C53H102O6/c1-6-7-8-9-10-11-23-30-35-40-45-53(56)59-50(47-58-52(55)44-39-34-29-25-20-16-15-18-22-27-32-37-42-49(4)5)46-57-51(54)43-38-33-28-24-19-14-12-13-17-21-26-31-36-41-48(2)3/h48-50H,6-47H2,1-5H3/t50-/m1/s1. The fourth-order valence-corrected chi connectivity index (χ4v) is 7.99. The van der Waals surface area contributed by atoms with Crippen molar-refractivity contribution in [3.05, 3.63) is 0 Å². The summed E-state index contributed by atoms with van der Waals surface area (Å²) in [6, 6.07) is 0. The minimum atomic E-state index is -0.761. The average Bonchev–Trinajstić information content (AvgIpc) is 3.20. The van der Waals surface area contributed by atoms with Crippen molar-refractivity contribution in [3.8, 4) is 0 Å². The number of hydrogen-bond donors (Lipinski definition) is 0. The molecule has 0 aromatic rings. The summed E-state index contributed by atoms with van der Waals surface area (Å²) in [6.07, 6.45) is 46.6. The number of rotatable bonds is 47. The maximum atomic E-state index is 12.7. The van der Waals surface area contributed by atoms with Crippen molar-refractivity contribution in [2.45, 2.75) is 298 Å². The van der Waals surface area contributed by atoms with E-state index in [0.29, 0.717) is 19.3 Å². The van der Waals surface area contributed by atoms with Crippen molar-refractivity contribution < 1.29 is 28.6 Å². The van der Waals surface area contributed by atoms with Gasteiger partial charge in [-0.2, -0.15) is 0 Å². The summed E-state index contributed by atoms with van der Waals surface area (Å²) in [5.74, 6) is 0.826. The third-order valence-electron chi connectivity index (χ3n) is 12.0. The summed E-state index contributed by atoms with van der Waals surface area (Å²) in [6.45, 7) is 11.4. The van der Waals surface area contributed by atoms with Crippen molar-refractivity contribution >= 4 is 17.9 Å². The van der Waals surface area contributed by atoms with Gasteiger partial charge in [-0.25, -0.2) is 0 Å². The first-order valence-electron chi connectivity index (χ1n) is 26.2. The van der Waals surface area contributed by atoms with Gasteiger partial charge < -0.3 is 14.2 Å². The van der Waals surface area contributed by atoms with E-state index in [1.165, 1.54) is 180 Å². The second-order valence-corrected chi connectivity index (χ2v) is 19.1. The van der Waals surface area contributed by atoms with Crippen molar-refractivity contribution in [3.63, 3.8) is 0 Å². The monoisotopic (exact) mass is 835 g/mol. The third-order valence-corrected chi connectivity index (χ3v) is 12.0. The van der Waals surface area contributed by atoms with Crippen LogP contribution in [0.5, 0.6) is 0 Å². The number of ether oxygens (including phenoxy) is 3. The molecule has 0 aromatic heterocycles. The number of unbranched alkanes of at least 4 members (excludes halogenated alkanes) is 32. The normalized spacial score (nSPS) is 12.1. The van der Waals surface area contributed by atoms with Crippen LogP contribution >= 0.6 is 0 Å². The van der Waals surface area contributed by atoms with E-state index < -0.39 is 6.10 Å². The highest BCUT2D eigenvalue weighted by Gasteiger charge is 2.19. The molecule has 0 fully saturated rings. The zero-order chi connectivity index (χ0) is 43.3. The second-order valence-electron chi connectivity index (χ2n) is 19.1. The molecule has 0 heterocycles. The first-order valence-corrected chi connectivity index (χ1v) is 26.2. The van der Waals surface area contributed by atoms with Crippen molar-refractivity contribution in [1.29, 1.82) is 0 Å². The molecule has 0 aliphatic heterocycles. The Bertz CT molecular complexity index is 900. The van der Waals surface area contributed by atoms with E-state index in [1.54, 1.807) is 0 Å². The van der Waals surface area contributed by atoms with Gasteiger partial charge in [0.25, 0.3) is 0 Å². The third kappa shape index (κ3) is 47.3. The summed E-state index contributed by atoms with van der Waals surface area (Å²) in [4.78, 5) is 37.9. The lowest BCUT2D eigenvalue weighted by atomic mass is 10.0. The highest BCUT2D eigenvalue weighted by atomic mass is 16.6. The molecule has 59 heavy (non-hydrogen) atoms. The van der Waals surface area contributed by atoms with Crippen molar-refractivity contribution in [2.75, 3.05) is 13.2 Å². The topological polar surface area (TPSA) is 78.9 Å². The summed E-state index contributed by atoms with van der Waals surface area (Å²) in [7, 11) is 0. The van der Waals surface area contributed by atoms with E-state index in [4.69, 9.17) is 14.2 Å². The van der Waals surface area contributed by atoms with E-state index in [1.807, 2.05) is 0 Å². The van der Waals surface area contributed by atoms with Crippen LogP contribution in [0.1, 0.15) is 291 Å². The number of carbonyl (C=O) groups excluding carboxylic acids is 3. The lowest BCUT2D eigenvalue weighted by molar-refractivity contribution is -0.167. The van der Waals surface area contributed by atoms with Gasteiger partial charge in [0.2, 0.25) is 0 Å². The highest BCUT2D eigenvalue weighted by molar-refractivity contribution is 5.71. The lowest BCUT2D eigenvalue weighted by Crippen LogP contribution is -2.30. The number of carbonyl (C=O) groups is 3. The van der Waals surface area contributed by atoms with Crippen LogP contribution < -0.4 is 0 Å². The summed E-state index contributed by atoms with van der Waals surface area (Å²) in [5, 5.41) is 0. The Morgan fingerprint density at radius 2 is 0.559 bits per heavy atom. The van der Waals surface area contributed by atoms with Gasteiger partial charge in [0.05, 0.1) is 0 Å². The van der Waals surface area contributed by atoms with E-state index >= 15 is 0 Å². The summed E-state index contributed by atoms with van der Waals surface area (Å²) < 4.78 is 16.8. The van der Waals surface area contributed by atoms with Crippen LogP contribution in [0, 0.1) is 11.8 Å². The number of hydrogen-bond acceptors (Lipinski definition) is 6. The molecule has 0 amide bonds. The Morgan fingerprint density at radius 1 is 0.322 bits per heavy atom. The van der Waals surface area contributed by atoms with Gasteiger partial charge in [0.15, 0.2) is 6.10 Å². The predicted molar refractivity (Wildman–Crippen MR) is 252 cm³/mol. The molecule has 6 heteroatoms. The largest absolute Gasteiger partial charge is 0.462 e. The van der Waals surface area contributed by atoms with Crippen LogP contribution in [-0.4, -0.2) is 37.2 Å². The molecule has 6 nitrogen and oxygen atoms in total. The van der Waals surface area contributed by atoms with Crippen LogP contribution in [0.2, 0.25) is 0 Å². The lowest BCUT2D eigenvalue weighted by Gasteiger charge is -2.18. The molecule has 1 atom stereocenters. The minimum absolute atomic E-state index is 0.0635. The van der Waals surface area contributed by atoms with Crippen LogP contribution in [0.4, 0.5) is 0 Å². The molecule has 0 aliphatic carbocycles. The molecule has 0 N–H and O–H groups in total. The first kappa shape index (κ1) is 57.4.